The molecule has 0 spiro atoms. The number of hydrogen-bond acceptors (Lipinski definition) is 5. The minimum atomic E-state index is -0.547. The van der Waals surface area contributed by atoms with Crippen molar-refractivity contribution >= 4 is 27.7 Å². The van der Waals surface area contributed by atoms with E-state index in [1.807, 2.05) is 63.2 Å². The Morgan fingerprint density at radius 3 is 2.42 bits per heavy atom. The average Bonchev–Trinajstić information content (AvgIpc) is 2.72. The van der Waals surface area contributed by atoms with Crippen molar-refractivity contribution in [2.24, 2.45) is 0 Å². The number of hydrogen-bond donors (Lipinski definition) is 1. The summed E-state index contributed by atoms with van der Waals surface area (Å²) < 4.78 is 12.6. The van der Waals surface area contributed by atoms with Crippen LogP contribution in [0, 0.1) is 0 Å². The van der Waals surface area contributed by atoms with Gasteiger partial charge in [0.05, 0.1) is 12.2 Å². The van der Waals surface area contributed by atoms with Crippen LogP contribution in [-0.4, -0.2) is 22.8 Å². The molecule has 0 aliphatic heterocycles. The number of pyridine rings is 1. The van der Waals surface area contributed by atoms with Crippen LogP contribution in [-0.2, 0) is 22.5 Å². The molecule has 31 heavy (non-hydrogen) atoms. The molecule has 0 amide bonds. The molecule has 3 rings (SSSR count). The maximum absolute atomic E-state index is 12.2. The molecule has 0 saturated heterocycles. The summed E-state index contributed by atoms with van der Waals surface area (Å²) >= 11 is 3.52. The van der Waals surface area contributed by atoms with Gasteiger partial charge in [0, 0.05) is 17.1 Å². The number of carbonyl (C=O) groups is 1. The summed E-state index contributed by atoms with van der Waals surface area (Å²) in [6, 6.07) is 21.6. The monoisotopic (exact) mass is 482 g/mol. The minimum Gasteiger partial charge on any atom is -0.456 e. The number of ether oxygens (including phenoxy) is 2. The third-order valence-corrected chi connectivity index (χ3v) is 4.80. The van der Waals surface area contributed by atoms with E-state index >= 15 is 0 Å². The summed E-state index contributed by atoms with van der Waals surface area (Å²) in [6.07, 6.45) is 1.88. The van der Waals surface area contributed by atoms with Crippen molar-refractivity contribution < 1.29 is 14.3 Å². The number of nitrogens with one attached hydrogen (secondary N) is 1. The van der Waals surface area contributed by atoms with Crippen molar-refractivity contribution in [3.8, 4) is 0 Å². The van der Waals surface area contributed by atoms with Crippen molar-refractivity contribution in [1.29, 1.82) is 0 Å². The molecule has 0 aliphatic carbocycles. The largest absolute Gasteiger partial charge is 0.456 e. The molecule has 1 heterocycles. The second-order valence-corrected chi connectivity index (χ2v) is 9.11. The fraction of sp³-hybridized carbons (Fsp3) is 0.280. The first-order valence-corrected chi connectivity index (χ1v) is 10.9. The van der Waals surface area contributed by atoms with Crippen LogP contribution in [0.15, 0.2) is 77.4 Å². The molecule has 1 unspecified atom stereocenters. The first-order chi connectivity index (χ1) is 14.8. The summed E-state index contributed by atoms with van der Waals surface area (Å²) in [7, 11) is 0. The number of nitrogens with zero attached hydrogens (tertiary/aromatic N) is 1. The van der Waals surface area contributed by atoms with Gasteiger partial charge < -0.3 is 14.8 Å². The fourth-order valence-corrected chi connectivity index (χ4v) is 3.35. The van der Waals surface area contributed by atoms with E-state index in [1.165, 1.54) is 6.20 Å². The quantitative estimate of drug-likeness (QED) is 0.315. The normalized spacial score (nSPS) is 12.3. The predicted molar refractivity (Wildman–Crippen MR) is 126 cm³/mol. The van der Waals surface area contributed by atoms with Gasteiger partial charge in [0.15, 0.2) is 0 Å². The Morgan fingerprint density at radius 1 is 1.03 bits per heavy atom. The van der Waals surface area contributed by atoms with Gasteiger partial charge in [0.1, 0.15) is 17.6 Å². The molecule has 0 aliphatic rings. The molecule has 6 heteroatoms. The van der Waals surface area contributed by atoms with E-state index in [1.54, 1.807) is 12.1 Å². The number of carbonyl (C=O) groups excluding carboxylic acids is 1. The van der Waals surface area contributed by atoms with Crippen LogP contribution in [0.5, 0.6) is 0 Å². The molecule has 5 nitrogen and oxygen atoms in total. The molecule has 1 aromatic heterocycles. The Labute approximate surface area is 191 Å². The lowest BCUT2D eigenvalue weighted by atomic mass is 10.1. The molecule has 1 atom stereocenters. The Hall–Kier alpha value is -2.70. The minimum absolute atomic E-state index is 0.297. The van der Waals surface area contributed by atoms with Crippen molar-refractivity contribution in [3.63, 3.8) is 0 Å². The topological polar surface area (TPSA) is 60.5 Å². The molecule has 0 saturated carbocycles. The number of halogens is 1. The van der Waals surface area contributed by atoms with Crippen LogP contribution in [0.1, 0.15) is 42.3 Å². The predicted octanol–water partition coefficient (Wildman–Crippen LogP) is 6.00. The lowest BCUT2D eigenvalue weighted by Gasteiger charge is -2.21. The van der Waals surface area contributed by atoms with Crippen LogP contribution in [0.25, 0.3) is 0 Å². The number of anilines is 1. The second-order valence-electron chi connectivity index (χ2n) is 8.20. The van der Waals surface area contributed by atoms with Crippen LogP contribution >= 0.6 is 15.9 Å². The van der Waals surface area contributed by atoms with Gasteiger partial charge in [-0.3, -0.25) is 0 Å². The van der Waals surface area contributed by atoms with Crippen LogP contribution in [0.2, 0.25) is 0 Å². The Kier molecular flexibility index (Phi) is 7.82. The van der Waals surface area contributed by atoms with Crippen molar-refractivity contribution in [3.05, 3.63) is 94.1 Å². The van der Waals surface area contributed by atoms with E-state index in [-0.39, 0.29) is 6.23 Å². The summed E-state index contributed by atoms with van der Waals surface area (Å²) in [5.41, 5.74) is 2.09. The average molecular weight is 483 g/mol. The van der Waals surface area contributed by atoms with Crippen molar-refractivity contribution in [2.75, 3.05) is 5.32 Å². The highest BCUT2D eigenvalue weighted by atomic mass is 79.9. The van der Waals surface area contributed by atoms with Gasteiger partial charge in [0.2, 0.25) is 0 Å². The second kappa shape index (κ2) is 10.6. The number of esters is 1. The summed E-state index contributed by atoms with van der Waals surface area (Å²) in [6.45, 7) is 5.99. The molecule has 0 bridgehead atoms. The molecule has 162 valence electrons. The molecular formula is C25H27BrN2O3. The van der Waals surface area contributed by atoms with Crippen LogP contribution in [0.3, 0.4) is 0 Å². The standard InChI is InChI=1S/C25H27BrN2O3/c1-25(2,3)31-24(29)20-12-13-22(27-16-20)28-23(15-19-10-7-11-21(26)14-19)30-17-18-8-5-4-6-9-18/h4-14,16,23H,15,17H2,1-3H3,(H,27,28). The SMILES string of the molecule is CC(C)(C)OC(=O)c1ccc(NC(Cc2cccc(Br)c2)OCc2ccccc2)nc1. The maximum atomic E-state index is 12.2. The van der Waals surface area contributed by atoms with E-state index < -0.39 is 11.6 Å². The molecular weight excluding hydrogens is 456 g/mol. The van der Waals surface area contributed by atoms with Crippen LogP contribution < -0.4 is 5.32 Å². The van der Waals surface area contributed by atoms with Gasteiger partial charge >= 0.3 is 5.97 Å². The summed E-state index contributed by atoms with van der Waals surface area (Å²) in [5.74, 6) is 0.234. The first kappa shape index (κ1) is 23.0. The third kappa shape index (κ3) is 7.81. The zero-order valence-corrected chi connectivity index (χ0v) is 19.6. The zero-order chi connectivity index (χ0) is 22.3. The first-order valence-electron chi connectivity index (χ1n) is 10.1. The third-order valence-electron chi connectivity index (χ3n) is 4.31. The van der Waals surface area contributed by atoms with Gasteiger partial charge in [-0.2, -0.15) is 0 Å². The number of rotatable bonds is 8. The zero-order valence-electron chi connectivity index (χ0n) is 18.0. The lowest BCUT2D eigenvalue weighted by Crippen LogP contribution is -2.26. The van der Waals surface area contributed by atoms with E-state index in [4.69, 9.17) is 9.47 Å². The number of benzene rings is 2. The molecule has 0 radical (unpaired) electrons. The summed E-state index contributed by atoms with van der Waals surface area (Å²) in [4.78, 5) is 16.6. The van der Waals surface area contributed by atoms with Gasteiger partial charge in [-0.15, -0.1) is 0 Å². The lowest BCUT2D eigenvalue weighted by molar-refractivity contribution is 0.00691. The molecule has 2 aromatic carbocycles. The van der Waals surface area contributed by atoms with E-state index in [9.17, 15) is 4.79 Å². The highest BCUT2D eigenvalue weighted by Crippen LogP contribution is 2.18. The van der Waals surface area contributed by atoms with Crippen molar-refractivity contribution in [1.82, 2.24) is 4.98 Å². The van der Waals surface area contributed by atoms with E-state index in [0.717, 1.165) is 15.6 Å². The Balaban J connectivity index is 1.70. The van der Waals surface area contributed by atoms with Crippen molar-refractivity contribution in [2.45, 2.75) is 45.6 Å². The fourth-order valence-electron chi connectivity index (χ4n) is 2.90. The number of aromatic nitrogens is 1. The van der Waals surface area contributed by atoms with Gasteiger partial charge in [-0.05, 0) is 56.2 Å². The molecule has 0 fully saturated rings. The highest BCUT2D eigenvalue weighted by molar-refractivity contribution is 9.10. The smallest absolute Gasteiger partial charge is 0.340 e. The van der Waals surface area contributed by atoms with E-state index in [2.05, 4.69) is 38.4 Å². The summed E-state index contributed by atoms with van der Waals surface area (Å²) in [5, 5.41) is 3.33. The molecule has 1 N–H and O–H groups in total. The van der Waals surface area contributed by atoms with Crippen LogP contribution in [0.4, 0.5) is 5.82 Å². The van der Waals surface area contributed by atoms with Gasteiger partial charge in [-0.25, -0.2) is 9.78 Å². The Bertz CT molecular complexity index is 986. The highest BCUT2D eigenvalue weighted by Gasteiger charge is 2.18. The maximum Gasteiger partial charge on any atom is 0.340 e. The molecule has 3 aromatic rings. The van der Waals surface area contributed by atoms with E-state index in [0.29, 0.717) is 24.4 Å². The van der Waals surface area contributed by atoms with Gasteiger partial charge in [0.25, 0.3) is 0 Å². The van der Waals surface area contributed by atoms with Gasteiger partial charge in [-0.1, -0.05) is 58.4 Å². The Morgan fingerprint density at radius 2 is 1.77 bits per heavy atom.